The Morgan fingerprint density at radius 2 is 2.29 bits per heavy atom. The number of likely N-dealkylation sites (tertiary alicyclic amines) is 1. The van der Waals surface area contributed by atoms with Gasteiger partial charge in [0.1, 0.15) is 0 Å². The lowest BCUT2D eigenvalue weighted by molar-refractivity contribution is -0.138. The van der Waals surface area contributed by atoms with Crippen molar-refractivity contribution in [3.8, 4) is 0 Å². The van der Waals surface area contributed by atoms with Gasteiger partial charge in [0.25, 0.3) is 0 Å². The zero-order valence-corrected chi connectivity index (χ0v) is 10.9. The summed E-state index contributed by atoms with van der Waals surface area (Å²) < 4.78 is 5.63. The Bertz CT molecular complexity index is 270. The lowest BCUT2D eigenvalue weighted by Crippen LogP contribution is -2.45. The lowest BCUT2D eigenvalue weighted by Gasteiger charge is -2.28. The Kier molecular flexibility index (Phi) is 4.40. The van der Waals surface area contributed by atoms with Gasteiger partial charge in [0.2, 0.25) is 5.91 Å². The van der Waals surface area contributed by atoms with Crippen LogP contribution in [0.3, 0.4) is 0 Å². The minimum absolute atomic E-state index is 0.109. The van der Waals surface area contributed by atoms with Crippen LogP contribution in [0.2, 0.25) is 0 Å². The first-order valence-corrected chi connectivity index (χ1v) is 6.84. The molecule has 4 nitrogen and oxygen atoms in total. The maximum atomic E-state index is 12.5. The molecular formula is C13H24N2O2. The van der Waals surface area contributed by atoms with Crippen molar-refractivity contribution >= 4 is 5.91 Å². The Hall–Kier alpha value is -0.610. The number of carbonyl (C=O) groups is 1. The van der Waals surface area contributed by atoms with Crippen molar-refractivity contribution in [1.29, 1.82) is 0 Å². The molecule has 2 fully saturated rings. The zero-order chi connectivity index (χ0) is 12.3. The molecule has 1 amide bonds. The highest BCUT2D eigenvalue weighted by atomic mass is 16.5. The predicted molar refractivity (Wildman–Crippen MR) is 66.8 cm³/mol. The predicted octanol–water partition coefficient (Wildman–Crippen LogP) is 1.01. The van der Waals surface area contributed by atoms with Crippen molar-refractivity contribution < 1.29 is 9.53 Å². The first-order valence-electron chi connectivity index (χ1n) is 6.84. The lowest BCUT2D eigenvalue weighted by atomic mass is 9.97. The molecule has 3 unspecified atom stereocenters. The van der Waals surface area contributed by atoms with E-state index in [0.29, 0.717) is 11.9 Å². The fraction of sp³-hybridized carbons (Fsp3) is 0.923. The van der Waals surface area contributed by atoms with Gasteiger partial charge in [-0.25, -0.2) is 0 Å². The number of rotatable bonds is 4. The number of ether oxygens (including phenoxy) is 1. The Labute approximate surface area is 104 Å². The zero-order valence-electron chi connectivity index (χ0n) is 10.9. The van der Waals surface area contributed by atoms with E-state index in [9.17, 15) is 4.79 Å². The van der Waals surface area contributed by atoms with Crippen LogP contribution in [0.1, 0.15) is 32.6 Å². The number of amides is 1. The van der Waals surface area contributed by atoms with E-state index in [0.717, 1.165) is 45.4 Å². The van der Waals surface area contributed by atoms with Crippen LogP contribution in [0.5, 0.6) is 0 Å². The normalized spacial score (nSPS) is 33.3. The highest BCUT2D eigenvalue weighted by Crippen LogP contribution is 2.28. The van der Waals surface area contributed by atoms with E-state index in [1.165, 1.54) is 0 Å². The smallest absolute Gasteiger partial charge is 0.228 e. The topological polar surface area (TPSA) is 41.6 Å². The molecule has 0 spiro atoms. The van der Waals surface area contributed by atoms with Crippen molar-refractivity contribution in [1.82, 2.24) is 10.2 Å². The van der Waals surface area contributed by atoms with Gasteiger partial charge >= 0.3 is 0 Å². The minimum Gasteiger partial charge on any atom is -0.377 e. The molecule has 3 atom stereocenters. The number of hydrogen-bond donors (Lipinski definition) is 1. The van der Waals surface area contributed by atoms with Gasteiger partial charge in [-0.05, 0) is 32.7 Å². The molecule has 2 heterocycles. The number of nitrogens with one attached hydrogen (secondary N) is 1. The Balaban J connectivity index is 1.98. The SMILES string of the molecule is CCC1OCCC1C(=O)N1CCCC1CNC. The summed E-state index contributed by atoms with van der Waals surface area (Å²) in [7, 11) is 1.95. The maximum absolute atomic E-state index is 12.5. The molecular weight excluding hydrogens is 216 g/mol. The summed E-state index contributed by atoms with van der Waals surface area (Å²) in [5.41, 5.74) is 0. The third-order valence-electron chi connectivity index (χ3n) is 4.03. The van der Waals surface area contributed by atoms with Gasteiger partial charge in [0.05, 0.1) is 12.0 Å². The molecule has 0 aromatic carbocycles. The van der Waals surface area contributed by atoms with Crippen LogP contribution in [0, 0.1) is 5.92 Å². The summed E-state index contributed by atoms with van der Waals surface area (Å²) in [6.07, 6.45) is 4.28. The molecule has 0 aliphatic carbocycles. The molecule has 4 heteroatoms. The number of nitrogens with zero attached hydrogens (tertiary/aromatic N) is 1. The fourth-order valence-electron chi connectivity index (χ4n) is 3.12. The third kappa shape index (κ3) is 2.63. The van der Waals surface area contributed by atoms with E-state index in [1.807, 2.05) is 7.05 Å². The summed E-state index contributed by atoms with van der Waals surface area (Å²) in [6, 6.07) is 0.394. The van der Waals surface area contributed by atoms with E-state index >= 15 is 0 Å². The van der Waals surface area contributed by atoms with E-state index in [2.05, 4.69) is 17.1 Å². The van der Waals surface area contributed by atoms with Crippen molar-refractivity contribution in [3.63, 3.8) is 0 Å². The maximum Gasteiger partial charge on any atom is 0.228 e. The van der Waals surface area contributed by atoms with Gasteiger partial charge < -0.3 is 15.0 Å². The molecule has 1 N–H and O–H groups in total. The molecule has 0 aromatic rings. The molecule has 2 saturated heterocycles. The van der Waals surface area contributed by atoms with Crippen LogP contribution in [0.25, 0.3) is 0 Å². The summed E-state index contributed by atoms with van der Waals surface area (Å²) in [5, 5.41) is 3.19. The van der Waals surface area contributed by atoms with Crippen LogP contribution in [0.4, 0.5) is 0 Å². The second-order valence-corrected chi connectivity index (χ2v) is 5.10. The van der Waals surface area contributed by atoms with Crippen LogP contribution in [0.15, 0.2) is 0 Å². The standard InChI is InChI=1S/C13H24N2O2/c1-3-12-11(6-8-17-12)13(16)15-7-4-5-10(15)9-14-2/h10-12,14H,3-9H2,1-2H3. The quantitative estimate of drug-likeness (QED) is 0.797. The summed E-state index contributed by atoms with van der Waals surface area (Å²) in [5.74, 6) is 0.435. The van der Waals surface area contributed by atoms with Crippen LogP contribution in [-0.2, 0) is 9.53 Å². The highest BCUT2D eigenvalue weighted by Gasteiger charge is 2.38. The minimum atomic E-state index is 0.109. The number of carbonyl (C=O) groups excluding carboxylic acids is 1. The highest BCUT2D eigenvalue weighted by molar-refractivity contribution is 5.80. The van der Waals surface area contributed by atoms with Crippen LogP contribution >= 0.6 is 0 Å². The molecule has 2 rings (SSSR count). The summed E-state index contributed by atoms with van der Waals surface area (Å²) >= 11 is 0. The van der Waals surface area contributed by atoms with Gasteiger partial charge in [-0.3, -0.25) is 4.79 Å². The molecule has 98 valence electrons. The average Bonchev–Trinajstić information content (AvgIpc) is 2.96. The van der Waals surface area contributed by atoms with Crippen LogP contribution in [-0.4, -0.2) is 49.7 Å². The van der Waals surface area contributed by atoms with Gasteiger partial charge in [-0.2, -0.15) is 0 Å². The second kappa shape index (κ2) is 5.83. The molecule has 17 heavy (non-hydrogen) atoms. The van der Waals surface area contributed by atoms with Crippen LogP contribution < -0.4 is 5.32 Å². The Morgan fingerprint density at radius 1 is 1.47 bits per heavy atom. The first kappa shape index (κ1) is 12.8. The van der Waals surface area contributed by atoms with E-state index in [1.54, 1.807) is 0 Å². The van der Waals surface area contributed by atoms with Gasteiger partial charge in [0.15, 0.2) is 0 Å². The van der Waals surface area contributed by atoms with Gasteiger partial charge in [0, 0.05) is 25.7 Å². The average molecular weight is 240 g/mol. The third-order valence-corrected chi connectivity index (χ3v) is 4.03. The first-order chi connectivity index (χ1) is 8.27. The fourth-order valence-corrected chi connectivity index (χ4v) is 3.12. The van der Waals surface area contributed by atoms with Crippen molar-refractivity contribution in [3.05, 3.63) is 0 Å². The Morgan fingerprint density at radius 3 is 3.00 bits per heavy atom. The molecule has 2 aliphatic heterocycles. The number of hydrogen-bond acceptors (Lipinski definition) is 3. The van der Waals surface area contributed by atoms with Crippen molar-refractivity contribution in [2.24, 2.45) is 5.92 Å². The molecule has 0 radical (unpaired) electrons. The van der Waals surface area contributed by atoms with Gasteiger partial charge in [-0.15, -0.1) is 0 Å². The van der Waals surface area contributed by atoms with E-state index < -0.39 is 0 Å². The summed E-state index contributed by atoms with van der Waals surface area (Å²) in [6.45, 7) is 4.69. The molecule has 2 aliphatic rings. The largest absolute Gasteiger partial charge is 0.377 e. The van der Waals surface area contributed by atoms with Crippen molar-refractivity contribution in [2.75, 3.05) is 26.7 Å². The van der Waals surface area contributed by atoms with E-state index in [4.69, 9.17) is 4.74 Å². The van der Waals surface area contributed by atoms with E-state index in [-0.39, 0.29) is 12.0 Å². The number of likely N-dealkylation sites (N-methyl/N-ethyl adjacent to an activating group) is 1. The second-order valence-electron chi connectivity index (χ2n) is 5.10. The molecule has 0 aromatic heterocycles. The van der Waals surface area contributed by atoms with Gasteiger partial charge in [-0.1, -0.05) is 6.92 Å². The monoisotopic (exact) mass is 240 g/mol. The van der Waals surface area contributed by atoms with Crippen molar-refractivity contribution in [2.45, 2.75) is 44.8 Å². The summed E-state index contributed by atoms with van der Waals surface area (Å²) in [4.78, 5) is 14.6. The molecule has 0 bridgehead atoms. The molecule has 0 saturated carbocycles.